The summed E-state index contributed by atoms with van der Waals surface area (Å²) in [5, 5.41) is 8.48. The van der Waals surface area contributed by atoms with E-state index < -0.39 is 5.97 Å². The Morgan fingerprint density at radius 2 is 1.32 bits per heavy atom. The highest BCUT2D eigenvalue weighted by molar-refractivity contribution is 7.99. The second kappa shape index (κ2) is 13.7. The highest BCUT2D eigenvalue weighted by Crippen LogP contribution is 2.12. The number of unbranched alkanes of at least 4 members (excludes halogenated alkanes) is 7. The van der Waals surface area contributed by atoms with Gasteiger partial charge >= 0.3 is 5.97 Å². The van der Waals surface area contributed by atoms with E-state index in [1.54, 1.807) is 11.8 Å². The number of carbonyl (C=O) groups excluding carboxylic acids is 1. The largest absolute Gasteiger partial charge is 0.481 e. The van der Waals surface area contributed by atoms with Crippen molar-refractivity contribution in [1.29, 1.82) is 0 Å². The maximum Gasteiger partial charge on any atom is 0.303 e. The molecule has 0 radical (unpaired) electrons. The molecule has 0 bridgehead atoms. The first-order valence-electron chi connectivity index (χ1n) is 7.20. The van der Waals surface area contributed by atoms with E-state index in [2.05, 4.69) is 0 Å². The summed E-state index contributed by atoms with van der Waals surface area (Å²) in [7, 11) is 0. The predicted octanol–water partition coefficient (Wildman–Crippen LogP) is 3.19. The smallest absolute Gasteiger partial charge is 0.303 e. The summed E-state index contributed by atoms with van der Waals surface area (Å²) in [6.07, 6.45) is 9.98. The average molecular weight is 289 g/mol. The van der Waals surface area contributed by atoms with E-state index in [4.69, 9.17) is 10.8 Å². The third kappa shape index (κ3) is 17.3. The zero-order valence-electron chi connectivity index (χ0n) is 11.7. The van der Waals surface area contributed by atoms with Crippen molar-refractivity contribution in [3.05, 3.63) is 0 Å². The van der Waals surface area contributed by atoms with Gasteiger partial charge < -0.3 is 10.8 Å². The van der Waals surface area contributed by atoms with Gasteiger partial charge in [0.1, 0.15) is 0 Å². The second-order valence-corrected chi connectivity index (χ2v) is 6.03. The van der Waals surface area contributed by atoms with Crippen LogP contribution < -0.4 is 5.73 Å². The number of hydrogen-bond donors (Lipinski definition) is 2. The molecule has 0 fully saturated rings. The Balaban J connectivity index is 2.99. The molecule has 19 heavy (non-hydrogen) atoms. The Kier molecular flexibility index (Phi) is 13.2. The molecule has 5 heteroatoms. The minimum Gasteiger partial charge on any atom is -0.481 e. The standard InChI is InChI=1S/C14H27NO3S/c15-13(16)10-12-19-11-8-6-4-2-1-3-5-7-9-14(17)18/h1-12H2,(H2,15,16)(H,17,18). The number of rotatable bonds is 14. The van der Waals surface area contributed by atoms with Crippen LogP contribution in [-0.4, -0.2) is 28.5 Å². The van der Waals surface area contributed by atoms with Crippen LogP contribution in [0.2, 0.25) is 0 Å². The molecule has 1 amide bonds. The zero-order chi connectivity index (χ0) is 14.3. The molecule has 0 saturated carbocycles. The van der Waals surface area contributed by atoms with E-state index in [0.717, 1.165) is 30.8 Å². The van der Waals surface area contributed by atoms with Crippen molar-refractivity contribution in [3.8, 4) is 0 Å². The minimum absolute atomic E-state index is 0.213. The number of carboxylic acid groups (broad SMARTS) is 1. The summed E-state index contributed by atoms with van der Waals surface area (Å²) in [6, 6.07) is 0. The molecule has 0 unspecified atom stereocenters. The summed E-state index contributed by atoms with van der Waals surface area (Å²) in [4.78, 5) is 20.8. The molecule has 0 heterocycles. The van der Waals surface area contributed by atoms with Gasteiger partial charge in [-0.15, -0.1) is 0 Å². The van der Waals surface area contributed by atoms with E-state index in [-0.39, 0.29) is 5.91 Å². The summed E-state index contributed by atoms with van der Waals surface area (Å²) >= 11 is 1.80. The van der Waals surface area contributed by atoms with Crippen LogP contribution in [0.4, 0.5) is 0 Å². The monoisotopic (exact) mass is 289 g/mol. The molecule has 0 atom stereocenters. The first-order valence-corrected chi connectivity index (χ1v) is 8.36. The van der Waals surface area contributed by atoms with Gasteiger partial charge in [-0.2, -0.15) is 11.8 Å². The van der Waals surface area contributed by atoms with Crippen LogP contribution in [0.3, 0.4) is 0 Å². The van der Waals surface area contributed by atoms with Crippen molar-refractivity contribution < 1.29 is 14.7 Å². The molecule has 0 aromatic carbocycles. The lowest BCUT2D eigenvalue weighted by molar-refractivity contribution is -0.137. The molecule has 3 N–H and O–H groups in total. The highest BCUT2D eigenvalue weighted by Gasteiger charge is 1.97. The van der Waals surface area contributed by atoms with Crippen LogP contribution in [0.25, 0.3) is 0 Å². The van der Waals surface area contributed by atoms with Crippen LogP contribution in [0.5, 0.6) is 0 Å². The summed E-state index contributed by atoms with van der Waals surface area (Å²) in [5.41, 5.74) is 5.05. The molecule has 0 aromatic heterocycles. The average Bonchev–Trinajstić information content (AvgIpc) is 2.34. The van der Waals surface area contributed by atoms with Gasteiger partial charge in [0.25, 0.3) is 0 Å². The lowest BCUT2D eigenvalue weighted by Gasteiger charge is -2.02. The van der Waals surface area contributed by atoms with Crippen LogP contribution in [0, 0.1) is 0 Å². The quantitative estimate of drug-likeness (QED) is 0.481. The fourth-order valence-electron chi connectivity index (χ4n) is 1.82. The molecule has 0 aromatic rings. The number of amides is 1. The molecular formula is C14H27NO3S. The minimum atomic E-state index is -0.686. The van der Waals surface area contributed by atoms with Gasteiger partial charge in [0.05, 0.1) is 0 Å². The Bertz CT molecular complexity index is 223. The lowest BCUT2D eigenvalue weighted by atomic mass is 10.1. The first kappa shape index (κ1) is 18.3. The maximum atomic E-state index is 10.5. The molecule has 112 valence electrons. The fourth-order valence-corrected chi connectivity index (χ4v) is 2.77. The molecular weight excluding hydrogens is 262 g/mol. The van der Waals surface area contributed by atoms with Gasteiger partial charge in [-0.1, -0.05) is 38.5 Å². The predicted molar refractivity (Wildman–Crippen MR) is 80.3 cm³/mol. The first-order chi connectivity index (χ1) is 9.13. The van der Waals surface area contributed by atoms with Crippen molar-refractivity contribution in [3.63, 3.8) is 0 Å². The summed E-state index contributed by atoms with van der Waals surface area (Å²) in [6.45, 7) is 0. The van der Waals surface area contributed by atoms with Crippen molar-refractivity contribution in [1.82, 2.24) is 0 Å². The highest BCUT2D eigenvalue weighted by atomic mass is 32.2. The topological polar surface area (TPSA) is 80.4 Å². The molecule has 4 nitrogen and oxygen atoms in total. The van der Waals surface area contributed by atoms with Gasteiger partial charge in [-0.25, -0.2) is 0 Å². The van der Waals surface area contributed by atoms with Gasteiger partial charge in [0.2, 0.25) is 5.91 Å². The maximum absolute atomic E-state index is 10.5. The number of nitrogens with two attached hydrogens (primary N) is 1. The van der Waals surface area contributed by atoms with Gasteiger partial charge in [0.15, 0.2) is 0 Å². The van der Waals surface area contributed by atoms with E-state index in [1.165, 1.54) is 32.1 Å². The zero-order valence-corrected chi connectivity index (χ0v) is 12.6. The SMILES string of the molecule is NC(=O)CCSCCCCCCCCCCC(=O)O. The third-order valence-electron chi connectivity index (χ3n) is 2.92. The number of hydrogen-bond acceptors (Lipinski definition) is 3. The normalized spacial score (nSPS) is 10.5. The van der Waals surface area contributed by atoms with Crippen LogP contribution in [-0.2, 0) is 9.59 Å². The molecule has 0 aliphatic carbocycles. The molecule has 0 aliphatic rings. The molecule has 0 saturated heterocycles. The van der Waals surface area contributed by atoms with Gasteiger partial charge in [-0.3, -0.25) is 9.59 Å². The Morgan fingerprint density at radius 3 is 1.84 bits per heavy atom. The molecule has 0 rings (SSSR count). The Hall–Kier alpha value is -0.710. The Morgan fingerprint density at radius 1 is 0.789 bits per heavy atom. The van der Waals surface area contributed by atoms with E-state index >= 15 is 0 Å². The van der Waals surface area contributed by atoms with E-state index in [0.29, 0.717) is 12.8 Å². The number of primary amides is 1. The van der Waals surface area contributed by atoms with Crippen molar-refractivity contribution in [2.45, 2.75) is 64.2 Å². The number of aliphatic carboxylic acids is 1. The Labute approximate surface area is 120 Å². The molecule has 0 spiro atoms. The van der Waals surface area contributed by atoms with Crippen molar-refractivity contribution in [2.24, 2.45) is 5.73 Å². The summed E-state index contributed by atoms with van der Waals surface area (Å²) in [5.74, 6) is 1.06. The second-order valence-electron chi connectivity index (χ2n) is 4.80. The number of thioether (sulfide) groups is 1. The van der Waals surface area contributed by atoms with Crippen molar-refractivity contribution >= 4 is 23.6 Å². The molecule has 0 aliphatic heterocycles. The lowest BCUT2D eigenvalue weighted by Crippen LogP contribution is -2.11. The third-order valence-corrected chi connectivity index (χ3v) is 3.99. The number of carboxylic acids is 1. The fraction of sp³-hybridized carbons (Fsp3) is 0.857. The van der Waals surface area contributed by atoms with Crippen molar-refractivity contribution in [2.75, 3.05) is 11.5 Å². The van der Waals surface area contributed by atoms with Crippen LogP contribution in [0.15, 0.2) is 0 Å². The van der Waals surface area contributed by atoms with E-state index in [9.17, 15) is 9.59 Å². The van der Waals surface area contributed by atoms with Crippen LogP contribution >= 0.6 is 11.8 Å². The van der Waals surface area contributed by atoms with Gasteiger partial charge in [-0.05, 0) is 18.6 Å². The number of carbonyl (C=O) groups is 2. The van der Waals surface area contributed by atoms with E-state index in [1.807, 2.05) is 0 Å². The van der Waals surface area contributed by atoms with Crippen LogP contribution in [0.1, 0.15) is 64.2 Å². The summed E-state index contributed by atoms with van der Waals surface area (Å²) < 4.78 is 0. The van der Waals surface area contributed by atoms with Gasteiger partial charge in [0, 0.05) is 18.6 Å².